The molecule has 30 heavy (non-hydrogen) atoms. The van der Waals surface area contributed by atoms with Crippen molar-refractivity contribution in [2.75, 3.05) is 0 Å². The number of ether oxygens (including phenoxy) is 2. The summed E-state index contributed by atoms with van der Waals surface area (Å²) in [6.45, 7) is 0.483. The minimum Gasteiger partial charge on any atom is -0.489 e. The number of benzene rings is 3. The third-order valence-electron chi connectivity index (χ3n) is 4.52. The molecule has 0 aromatic heterocycles. The molecular weight excluding hydrogens is 384 g/mol. The van der Waals surface area contributed by atoms with Gasteiger partial charge < -0.3 is 9.47 Å². The van der Waals surface area contributed by atoms with E-state index in [0.717, 1.165) is 11.3 Å². The van der Waals surface area contributed by atoms with Crippen LogP contribution in [-0.4, -0.2) is 17.8 Å². The van der Waals surface area contributed by atoms with Gasteiger partial charge in [0.1, 0.15) is 29.8 Å². The number of carbonyl (C=O) groups excluding carboxylic acids is 3. The summed E-state index contributed by atoms with van der Waals surface area (Å²) < 4.78 is 11.6. The third-order valence-corrected chi connectivity index (χ3v) is 4.52. The molecule has 0 atom stereocenters. The molecule has 7 nitrogen and oxygen atoms in total. The van der Waals surface area contributed by atoms with Gasteiger partial charge in [0.15, 0.2) is 0 Å². The lowest BCUT2D eigenvalue weighted by Crippen LogP contribution is -2.54. The zero-order valence-electron chi connectivity index (χ0n) is 15.8. The lowest BCUT2D eigenvalue weighted by Gasteiger charge is -2.20. The van der Waals surface area contributed by atoms with Gasteiger partial charge in [-0.2, -0.15) is 0 Å². The van der Waals surface area contributed by atoms with Crippen LogP contribution in [0.25, 0.3) is 0 Å². The number of carbonyl (C=O) groups is 3. The van der Waals surface area contributed by atoms with Gasteiger partial charge in [-0.1, -0.05) is 42.5 Å². The first-order valence-electron chi connectivity index (χ1n) is 9.29. The van der Waals surface area contributed by atoms with Crippen LogP contribution in [0, 0.1) is 0 Å². The topological polar surface area (TPSA) is 93.7 Å². The Morgan fingerprint density at radius 3 is 1.80 bits per heavy atom. The van der Waals surface area contributed by atoms with Crippen molar-refractivity contribution in [1.29, 1.82) is 0 Å². The molecule has 2 N–H and O–H groups in total. The SMILES string of the molecule is O=C1NC(=O)C(c2ccc(Oc3ccc(OCc4ccccc4)cc3)cc2)C(=O)N1. The summed E-state index contributed by atoms with van der Waals surface area (Å²) in [5.41, 5.74) is 1.55. The van der Waals surface area contributed by atoms with Gasteiger partial charge in [-0.3, -0.25) is 20.2 Å². The smallest absolute Gasteiger partial charge is 0.328 e. The highest BCUT2D eigenvalue weighted by Crippen LogP contribution is 2.27. The lowest BCUT2D eigenvalue weighted by molar-refractivity contribution is -0.132. The van der Waals surface area contributed by atoms with Crippen LogP contribution in [0.1, 0.15) is 17.0 Å². The number of amides is 4. The maximum absolute atomic E-state index is 11.9. The van der Waals surface area contributed by atoms with E-state index in [-0.39, 0.29) is 0 Å². The molecule has 1 aliphatic rings. The predicted octanol–water partition coefficient (Wildman–Crippen LogP) is 3.51. The highest BCUT2D eigenvalue weighted by molar-refractivity contribution is 6.19. The van der Waals surface area contributed by atoms with Crippen LogP contribution in [0.4, 0.5) is 4.79 Å². The molecule has 0 radical (unpaired) electrons. The van der Waals surface area contributed by atoms with Gasteiger partial charge in [0, 0.05) is 0 Å². The summed E-state index contributed by atoms with van der Waals surface area (Å²) in [7, 11) is 0. The first-order valence-corrected chi connectivity index (χ1v) is 9.29. The van der Waals surface area contributed by atoms with Gasteiger partial charge in [0.05, 0.1) is 0 Å². The average Bonchev–Trinajstić information content (AvgIpc) is 2.74. The first-order chi connectivity index (χ1) is 14.6. The number of rotatable bonds is 6. The van der Waals surface area contributed by atoms with Crippen LogP contribution in [0.2, 0.25) is 0 Å². The molecular formula is C23H18N2O5. The second kappa shape index (κ2) is 8.48. The number of barbiturate groups is 1. The lowest BCUT2D eigenvalue weighted by atomic mass is 9.96. The maximum atomic E-state index is 11.9. The van der Waals surface area contributed by atoms with Crippen LogP contribution in [-0.2, 0) is 16.2 Å². The van der Waals surface area contributed by atoms with E-state index in [4.69, 9.17) is 9.47 Å². The molecule has 4 rings (SSSR count). The fraction of sp³-hybridized carbons (Fsp3) is 0.0870. The molecule has 0 saturated carbocycles. The van der Waals surface area contributed by atoms with Gasteiger partial charge in [0.2, 0.25) is 11.8 Å². The fourth-order valence-electron chi connectivity index (χ4n) is 3.03. The Labute approximate surface area is 172 Å². The van der Waals surface area contributed by atoms with E-state index in [2.05, 4.69) is 10.6 Å². The second-order valence-corrected chi connectivity index (χ2v) is 6.66. The summed E-state index contributed by atoms with van der Waals surface area (Å²) in [5.74, 6) is -0.479. The molecule has 0 unspecified atom stereocenters. The molecule has 1 aliphatic heterocycles. The van der Waals surface area contributed by atoms with E-state index < -0.39 is 23.8 Å². The van der Waals surface area contributed by atoms with E-state index in [0.29, 0.717) is 23.7 Å². The van der Waals surface area contributed by atoms with E-state index in [1.54, 1.807) is 36.4 Å². The van der Waals surface area contributed by atoms with E-state index in [1.807, 2.05) is 42.5 Å². The molecule has 0 spiro atoms. The van der Waals surface area contributed by atoms with Crippen molar-refractivity contribution >= 4 is 17.8 Å². The number of hydrogen-bond acceptors (Lipinski definition) is 5. The Bertz CT molecular complexity index is 1040. The van der Waals surface area contributed by atoms with Gasteiger partial charge in [-0.05, 0) is 47.5 Å². The zero-order chi connectivity index (χ0) is 20.9. The van der Waals surface area contributed by atoms with Crippen LogP contribution in [0.5, 0.6) is 17.2 Å². The molecule has 150 valence electrons. The minimum absolute atomic E-state index is 0.467. The summed E-state index contributed by atoms with van der Waals surface area (Å²) in [4.78, 5) is 35.0. The van der Waals surface area contributed by atoms with E-state index >= 15 is 0 Å². The van der Waals surface area contributed by atoms with E-state index in [1.165, 1.54) is 0 Å². The number of nitrogens with one attached hydrogen (secondary N) is 2. The van der Waals surface area contributed by atoms with E-state index in [9.17, 15) is 14.4 Å². The molecule has 1 heterocycles. The molecule has 1 saturated heterocycles. The summed E-state index contributed by atoms with van der Waals surface area (Å²) >= 11 is 0. The number of imide groups is 2. The van der Waals surface area contributed by atoms with Crippen LogP contribution in [0.3, 0.4) is 0 Å². The van der Waals surface area contributed by atoms with Crippen molar-refractivity contribution in [3.63, 3.8) is 0 Å². The quantitative estimate of drug-likeness (QED) is 0.616. The Morgan fingerprint density at radius 2 is 1.20 bits per heavy atom. The molecule has 4 amide bonds. The van der Waals surface area contributed by atoms with Crippen molar-refractivity contribution in [3.05, 3.63) is 90.0 Å². The monoisotopic (exact) mass is 402 g/mol. The van der Waals surface area contributed by atoms with Gasteiger partial charge in [0.25, 0.3) is 0 Å². The number of urea groups is 1. The van der Waals surface area contributed by atoms with Crippen molar-refractivity contribution < 1.29 is 23.9 Å². The minimum atomic E-state index is -1.07. The normalized spacial score (nSPS) is 14.1. The summed E-state index contributed by atoms with van der Waals surface area (Å²) in [6.07, 6.45) is 0. The molecule has 3 aromatic rings. The van der Waals surface area contributed by atoms with Gasteiger partial charge in [-0.25, -0.2) is 4.79 Å². The highest BCUT2D eigenvalue weighted by Gasteiger charge is 2.35. The van der Waals surface area contributed by atoms with Crippen molar-refractivity contribution in [2.24, 2.45) is 0 Å². The largest absolute Gasteiger partial charge is 0.489 e. The highest BCUT2D eigenvalue weighted by atomic mass is 16.5. The van der Waals surface area contributed by atoms with Gasteiger partial charge in [-0.15, -0.1) is 0 Å². The van der Waals surface area contributed by atoms with Crippen molar-refractivity contribution in [2.45, 2.75) is 12.5 Å². The fourth-order valence-corrected chi connectivity index (χ4v) is 3.03. The zero-order valence-corrected chi connectivity index (χ0v) is 15.8. The number of hydrogen-bond donors (Lipinski definition) is 2. The Kier molecular flexibility index (Phi) is 5.43. The van der Waals surface area contributed by atoms with Crippen LogP contribution >= 0.6 is 0 Å². The predicted molar refractivity (Wildman–Crippen MR) is 108 cm³/mol. The maximum Gasteiger partial charge on any atom is 0.328 e. The van der Waals surface area contributed by atoms with Crippen LogP contribution in [0.15, 0.2) is 78.9 Å². The van der Waals surface area contributed by atoms with Gasteiger partial charge >= 0.3 is 6.03 Å². The molecule has 3 aromatic carbocycles. The van der Waals surface area contributed by atoms with Crippen molar-refractivity contribution in [1.82, 2.24) is 10.6 Å². The second-order valence-electron chi connectivity index (χ2n) is 6.66. The third kappa shape index (κ3) is 4.47. The standard InChI is InChI=1S/C23H18N2O5/c26-21-20(22(27)25-23(28)24-21)16-6-8-18(9-7-16)30-19-12-10-17(11-13-19)29-14-15-4-2-1-3-5-15/h1-13,20H,14H2,(H2,24,25,26,27,28). The molecule has 0 aliphatic carbocycles. The summed E-state index contributed by atoms with van der Waals surface area (Å²) in [6, 6.07) is 22.9. The average molecular weight is 402 g/mol. The van der Waals surface area contributed by atoms with Crippen LogP contribution < -0.4 is 20.1 Å². The Morgan fingerprint density at radius 1 is 0.667 bits per heavy atom. The molecule has 0 bridgehead atoms. The molecule has 7 heteroatoms. The Balaban J connectivity index is 1.37. The Hall–Kier alpha value is -4.13. The molecule has 1 fully saturated rings. The summed E-state index contributed by atoms with van der Waals surface area (Å²) in [5, 5.41) is 4.17. The first kappa shape index (κ1) is 19.2. The van der Waals surface area contributed by atoms with Crippen molar-refractivity contribution in [3.8, 4) is 17.2 Å².